The molecule has 4 heteroatoms. The van der Waals surface area contributed by atoms with Gasteiger partial charge in [0, 0.05) is 29.2 Å². The number of benzene rings is 2. The Labute approximate surface area is 170 Å². The van der Waals surface area contributed by atoms with Crippen LogP contribution < -0.4 is 10.9 Å². The smallest absolute Gasteiger partial charge is 0.260 e. The van der Waals surface area contributed by atoms with Crippen molar-refractivity contribution >= 4 is 34.0 Å². The number of anilines is 1. The highest BCUT2D eigenvalue weighted by molar-refractivity contribution is 6.13. The summed E-state index contributed by atoms with van der Waals surface area (Å²) in [6.07, 6.45) is 8.92. The van der Waals surface area contributed by atoms with E-state index in [-0.39, 0.29) is 11.3 Å². The quantitative estimate of drug-likeness (QED) is 0.338. The van der Waals surface area contributed by atoms with E-state index in [1.807, 2.05) is 87.7 Å². The minimum Gasteiger partial charge on any atom is -0.388 e. The number of rotatable bonds is 6. The zero-order valence-corrected chi connectivity index (χ0v) is 16.8. The van der Waals surface area contributed by atoms with E-state index in [0.29, 0.717) is 11.1 Å². The molecule has 0 fully saturated rings. The van der Waals surface area contributed by atoms with Crippen LogP contribution in [0.15, 0.2) is 77.6 Å². The first-order valence-electron chi connectivity index (χ1n) is 9.53. The van der Waals surface area contributed by atoms with Crippen LogP contribution in [0.3, 0.4) is 0 Å². The molecule has 3 aromatic rings. The highest BCUT2D eigenvalue weighted by Crippen LogP contribution is 2.29. The van der Waals surface area contributed by atoms with Gasteiger partial charge in [0.1, 0.15) is 0 Å². The largest absolute Gasteiger partial charge is 0.388 e. The van der Waals surface area contributed by atoms with Crippen LogP contribution in [0.1, 0.15) is 35.3 Å². The molecule has 0 spiro atoms. The maximum Gasteiger partial charge on any atom is 0.260 e. The van der Waals surface area contributed by atoms with Gasteiger partial charge in [0.25, 0.3) is 5.56 Å². The molecule has 0 aliphatic heterocycles. The minimum atomic E-state index is -0.392. The zero-order chi connectivity index (χ0) is 20.8. The number of allylic oxidation sites excluding steroid dienone is 5. The molecule has 0 radical (unpaired) electrons. The van der Waals surface area contributed by atoms with Crippen molar-refractivity contribution in [3.63, 3.8) is 0 Å². The molecular formula is C25H24N2O2. The molecule has 29 heavy (non-hydrogen) atoms. The van der Waals surface area contributed by atoms with Crippen molar-refractivity contribution in [2.45, 2.75) is 13.8 Å². The molecule has 3 rings (SSSR count). The van der Waals surface area contributed by atoms with Crippen molar-refractivity contribution in [1.82, 2.24) is 4.98 Å². The number of pyridine rings is 1. The molecule has 4 nitrogen and oxygen atoms in total. The molecule has 1 heterocycles. The van der Waals surface area contributed by atoms with Crippen LogP contribution in [-0.4, -0.2) is 17.8 Å². The highest BCUT2D eigenvalue weighted by atomic mass is 16.1. The lowest BCUT2D eigenvalue weighted by Gasteiger charge is -2.13. The second kappa shape index (κ2) is 9.02. The SMILES string of the molecule is C/C=C\C(=C/C)c1c(C(=O)/C=C/c2ccccc2)c(=O)[nH]c2ccc(NC)cc12. The Morgan fingerprint density at radius 3 is 2.41 bits per heavy atom. The predicted octanol–water partition coefficient (Wildman–Crippen LogP) is 5.45. The number of H-pyrrole nitrogens is 1. The minimum absolute atomic E-state index is 0.143. The maximum atomic E-state index is 13.1. The molecule has 2 N–H and O–H groups in total. The Bertz CT molecular complexity index is 1180. The van der Waals surface area contributed by atoms with Crippen LogP contribution in [0.4, 0.5) is 5.69 Å². The van der Waals surface area contributed by atoms with Gasteiger partial charge in [-0.15, -0.1) is 0 Å². The fraction of sp³-hybridized carbons (Fsp3) is 0.120. The van der Waals surface area contributed by atoms with Gasteiger partial charge in [-0.1, -0.05) is 54.6 Å². The first-order valence-corrected chi connectivity index (χ1v) is 9.53. The number of nitrogens with one attached hydrogen (secondary N) is 2. The van der Waals surface area contributed by atoms with Crippen LogP contribution in [0, 0.1) is 0 Å². The van der Waals surface area contributed by atoms with Crippen molar-refractivity contribution in [1.29, 1.82) is 0 Å². The van der Waals surface area contributed by atoms with Crippen LogP contribution in [-0.2, 0) is 0 Å². The molecule has 1 aromatic heterocycles. The second-order valence-corrected chi connectivity index (χ2v) is 6.57. The van der Waals surface area contributed by atoms with Gasteiger partial charge >= 0.3 is 0 Å². The molecule has 0 aliphatic rings. The van der Waals surface area contributed by atoms with Crippen molar-refractivity contribution in [3.05, 3.63) is 99.9 Å². The fourth-order valence-electron chi connectivity index (χ4n) is 3.31. The van der Waals surface area contributed by atoms with E-state index in [4.69, 9.17) is 0 Å². The highest BCUT2D eigenvalue weighted by Gasteiger charge is 2.19. The number of hydrogen-bond acceptors (Lipinski definition) is 3. The standard InChI is InChI=1S/C25H24N2O2/c1-4-9-18(5-2)23-20-16-19(26-3)13-14-21(20)27-25(29)24(23)22(28)15-12-17-10-7-6-8-11-17/h4-16,26H,1-3H3,(H,27,29)/b9-4-,15-12+,18-5+. The van der Waals surface area contributed by atoms with Gasteiger partial charge in [0.05, 0.1) is 5.56 Å². The monoisotopic (exact) mass is 384 g/mol. The van der Waals surface area contributed by atoms with Crippen LogP contribution >= 0.6 is 0 Å². The molecule has 146 valence electrons. The third kappa shape index (κ3) is 4.27. The van der Waals surface area contributed by atoms with E-state index < -0.39 is 5.56 Å². The first-order chi connectivity index (χ1) is 14.1. The van der Waals surface area contributed by atoms with Crippen molar-refractivity contribution in [3.8, 4) is 0 Å². The Balaban J connectivity index is 2.27. The number of fused-ring (bicyclic) bond motifs is 1. The van der Waals surface area contributed by atoms with E-state index in [1.165, 1.54) is 6.08 Å². The van der Waals surface area contributed by atoms with Gasteiger partial charge in [0.2, 0.25) is 0 Å². The summed E-state index contributed by atoms with van der Waals surface area (Å²) >= 11 is 0. The van der Waals surface area contributed by atoms with Gasteiger partial charge in [-0.2, -0.15) is 0 Å². The number of aromatic nitrogens is 1. The normalized spacial score (nSPS) is 12.2. The third-order valence-corrected chi connectivity index (χ3v) is 4.72. The fourth-order valence-corrected chi connectivity index (χ4v) is 3.31. The number of carbonyl (C=O) groups excluding carboxylic acids is 1. The summed E-state index contributed by atoms with van der Waals surface area (Å²) in [7, 11) is 1.84. The summed E-state index contributed by atoms with van der Waals surface area (Å²) in [5.41, 5.74) is 3.71. The molecule has 2 aromatic carbocycles. The Morgan fingerprint density at radius 1 is 1.00 bits per heavy atom. The zero-order valence-electron chi connectivity index (χ0n) is 16.8. The van der Waals surface area contributed by atoms with Gasteiger partial charge in [-0.25, -0.2) is 0 Å². The topological polar surface area (TPSA) is 62.0 Å². The molecule has 0 amide bonds. The summed E-state index contributed by atoms with van der Waals surface area (Å²) in [4.78, 5) is 28.9. The third-order valence-electron chi connectivity index (χ3n) is 4.72. The Kier molecular flexibility index (Phi) is 6.25. The number of ketones is 1. The number of hydrogen-bond donors (Lipinski definition) is 2. The van der Waals surface area contributed by atoms with E-state index in [9.17, 15) is 9.59 Å². The Morgan fingerprint density at radius 2 is 1.76 bits per heavy atom. The number of carbonyl (C=O) groups is 1. The number of aromatic amines is 1. The molecule has 0 aliphatic carbocycles. The average molecular weight is 384 g/mol. The summed E-state index contributed by atoms with van der Waals surface area (Å²) in [6, 6.07) is 15.2. The van der Waals surface area contributed by atoms with E-state index >= 15 is 0 Å². The van der Waals surface area contributed by atoms with Gasteiger partial charge in [0.15, 0.2) is 5.78 Å². The van der Waals surface area contributed by atoms with E-state index in [0.717, 1.165) is 22.2 Å². The van der Waals surface area contributed by atoms with Crippen LogP contribution in [0.25, 0.3) is 22.6 Å². The van der Waals surface area contributed by atoms with Gasteiger partial charge in [-0.05, 0) is 49.3 Å². The summed E-state index contributed by atoms with van der Waals surface area (Å²) < 4.78 is 0. The van der Waals surface area contributed by atoms with Crippen LogP contribution in [0.2, 0.25) is 0 Å². The average Bonchev–Trinajstić information content (AvgIpc) is 2.75. The molecule has 0 saturated heterocycles. The van der Waals surface area contributed by atoms with Gasteiger partial charge in [-0.3, -0.25) is 9.59 Å². The lowest BCUT2D eigenvalue weighted by Crippen LogP contribution is -2.20. The van der Waals surface area contributed by atoms with Crippen molar-refractivity contribution in [2.24, 2.45) is 0 Å². The molecule has 0 saturated carbocycles. The predicted molar refractivity (Wildman–Crippen MR) is 122 cm³/mol. The summed E-state index contributed by atoms with van der Waals surface area (Å²) in [5, 5.41) is 3.94. The summed E-state index contributed by atoms with van der Waals surface area (Å²) in [6.45, 7) is 3.81. The van der Waals surface area contributed by atoms with Gasteiger partial charge < -0.3 is 10.3 Å². The summed E-state index contributed by atoms with van der Waals surface area (Å²) in [5.74, 6) is -0.328. The van der Waals surface area contributed by atoms with Crippen LogP contribution in [0.5, 0.6) is 0 Å². The molecule has 0 unspecified atom stereocenters. The van der Waals surface area contributed by atoms with E-state index in [1.54, 1.807) is 6.08 Å². The first kappa shape index (κ1) is 20.1. The Hall–Kier alpha value is -3.66. The van der Waals surface area contributed by atoms with Crippen molar-refractivity contribution in [2.75, 3.05) is 12.4 Å². The lowest BCUT2D eigenvalue weighted by molar-refractivity contribution is 0.104. The molecule has 0 bridgehead atoms. The van der Waals surface area contributed by atoms with Crippen molar-refractivity contribution < 1.29 is 4.79 Å². The van der Waals surface area contributed by atoms with E-state index in [2.05, 4.69) is 10.3 Å². The second-order valence-electron chi connectivity index (χ2n) is 6.57. The molecule has 0 atom stereocenters. The lowest BCUT2D eigenvalue weighted by atomic mass is 9.92. The molecular weight excluding hydrogens is 360 g/mol. The maximum absolute atomic E-state index is 13.1.